The van der Waals surface area contributed by atoms with E-state index >= 15 is 0 Å². The summed E-state index contributed by atoms with van der Waals surface area (Å²) in [5.41, 5.74) is 2.01. The first-order chi connectivity index (χ1) is 15.0. The lowest BCUT2D eigenvalue weighted by Crippen LogP contribution is -2.46. The Balaban J connectivity index is 1.82. The summed E-state index contributed by atoms with van der Waals surface area (Å²) in [6.45, 7) is 12.2. The quantitative estimate of drug-likeness (QED) is 0.679. The summed E-state index contributed by atoms with van der Waals surface area (Å²) < 4.78 is 0. The molecule has 2 amide bonds. The minimum absolute atomic E-state index is 0.189. The third-order valence-corrected chi connectivity index (χ3v) is 5.83. The lowest BCUT2D eigenvalue weighted by atomic mass is 9.70. The Kier molecular flexibility index (Phi) is 5.27. The number of amides is 2. The van der Waals surface area contributed by atoms with Gasteiger partial charge in [-0.25, -0.2) is 10.0 Å². The van der Waals surface area contributed by atoms with Gasteiger partial charge in [-0.15, -0.1) is 0 Å². The summed E-state index contributed by atoms with van der Waals surface area (Å²) in [5, 5.41) is 12.4. The maximum absolute atomic E-state index is 13.8. The highest BCUT2D eigenvalue weighted by atomic mass is 16.2. The van der Waals surface area contributed by atoms with Crippen molar-refractivity contribution in [3.63, 3.8) is 0 Å². The molecule has 0 fully saturated rings. The Labute approximate surface area is 189 Å². The van der Waals surface area contributed by atoms with Gasteiger partial charge in [0.15, 0.2) is 0 Å². The van der Waals surface area contributed by atoms with Crippen molar-refractivity contribution in [2.24, 2.45) is 32.9 Å². The lowest BCUT2D eigenvalue weighted by molar-refractivity contribution is -0.126. The first kappa shape index (κ1) is 21.9. The number of carbonyl (C=O) groups is 2. The van der Waals surface area contributed by atoms with E-state index in [0.717, 1.165) is 0 Å². The molecule has 2 heterocycles. The zero-order valence-corrected chi connectivity index (χ0v) is 19.5. The van der Waals surface area contributed by atoms with Crippen LogP contribution >= 0.6 is 0 Å². The minimum Gasteiger partial charge on any atom is -0.272 e. The summed E-state index contributed by atoms with van der Waals surface area (Å²) in [6.07, 6.45) is 0. The van der Waals surface area contributed by atoms with Crippen molar-refractivity contribution >= 4 is 34.6 Å². The van der Waals surface area contributed by atoms with E-state index in [1.807, 2.05) is 102 Å². The number of anilines is 2. The summed E-state index contributed by atoms with van der Waals surface area (Å²) in [5.74, 6) is -1.78. The molecule has 0 unspecified atom stereocenters. The molecule has 0 bridgehead atoms. The molecule has 6 nitrogen and oxygen atoms in total. The smallest absolute Gasteiger partial charge is 0.257 e. The van der Waals surface area contributed by atoms with Gasteiger partial charge in [0.25, 0.3) is 11.8 Å². The van der Waals surface area contributed by atoms with Gasteiger partial charge in [0.2, 0.25) is 0 Å². The van der Waals surface area contributed by atoms with Crippen LogP contribution in [0.2, 0.25) is 0 Å². The van der Waals surface area contributed by atoms with Gasteiger partial charge < -0.3 is 0 Å². The summed E-state index contributed by atoms with van der Waals surface area (Å²) in [4.78, 5) is 27.6. The molecule has 2 aromatic carbocycles. The Morgan fingerprint density at radius 2 is 0.906 bits per heavy atom. The molecule has 0 saturated heterocycles. The standard InChI is InChI=1S/C26H30N4O2/c1-25(2,3)21-19(23(31)29(27-21)17-13-9-7-10-14-17)20-22(26(4,5)6)28-30(24(20)32)18-15-11-8-12-16-18/h7-16,19-20H,1-6H3/t19-,20+. The molecule has 2 atom stereocenters. The number of hydrazone groups is 2. The van der Waals surface area contributed by atoms with Crippen molar-refractivity contribution in [2.45, 2.75) is 41.5 Å². The van der Waals surface area contributed by atoms with Crippen molar-refractivity contribution in [3.05, 3.63) is 60.7 Å². The SMILES string of the molecule is CC(C)(C)C1=NN(c2ccccc2)C(=O)[C@H]1[C@H]1C(=O)N(c2ccccc2)N=C1C(C)(C)C. The van der Waals surface area contributed by atoms with Crippen LogP contribution in [0.15, 0.2) is 70.9 Å². The van der Waals surface area contributed by atoms with Crippen LogP contribution in [0.25, 0.3) is 0 Å². The van der Waals surface area contributed by atoms with Crippen molar-refractivity contribution in [1.82, 2.24) is 0 Å². The molecule has 0 N–H and O–H groups in total. The Morgan fingerprint density at radius 3 is 1.19 bits per heavy atom. The van der Waals surface area contributed by atoms with Crippen LogP contribution in [0.5, 0.6) is 0 Å². The van der Waals surface area contributed by atoms with Crippen LogP contribution in [0.4, 0.5) is 11.4 Å². The predicted molar refractivity (Wildman–Crippen MR) is 129 cm³/mol. The largest absolute Gasteiger partial charge is 0.272 e. The molecule has 4 rings (SSSR count). The van der Waals surface area contributed by atoms with Gasteiger partial charge in [0.1, 0.15) is 0 Å². The molecule has 166 valence electrons. The van der Waals surface area contributed by atoms with Crippen LogP contribution in [-0.2, 0) is 9.59 Å². The molecule has 0 saturated carbocycles. The van der Waals surface area contributed by atoms with Gasteiger partial charge in [-0.2, -0.15) is 10.2 Å². The number of benzene rings is 2. The zero-order valence-electron chi connectivity index (χ0n) is 19.5. The van der Waals surface area contributed by atoms with Crippen molar-refractivity contribution in [3.8, 4) is 0 Å². The third kappa shape index (κ3) is 3.74. The second-order valence-electron chi connectivity index (χ2n) is 10.4. The number of hydrogen-bond acceptors (Lipinski definition) is 4. The summed E-state index contributed by atoms with van der Waals surface area (Å²) >= 11 is 0. The van der Waals surface area contributed by atoms with Crippen molar-refractivity contribution in [1.29, 1.82) is 0 Å². The van der Waals surface area contributed by atoms with E-state index in [4.69, 9.17) is 10.2 Å². The lowest BCUT2D eigenvalue weighted by Gasteiger charge is -2.29. The maximum atomic E-state index is 13.8. The average Bonchev–Trinajstić information content (AvgIpc) is 3.26. The van der Waals surface area contributed by atoms with Crippen molar-refractivity contribution < 1.29 is 9.59 Å². The highest BCUT2D eigenvalue weighted by Gasteiger charge is 2.55. The third-order valence-electron chi connectivity index (χ3n) is 5.83. The van der Waals surface area contributed by atoms with E-state index in [1.165, 1.54) is 10.0 Å². The van der Waals surface area contributed by atoms with Crippen LogP contribution in [0.1, 0.15) is 41.5 Å². The van der Waals surface area contributed by atoms with Crippen LogP contribution in [-0.4, -0.2) is 23.2 Å². The zero-order chi connectivity index (χ0) is 23.3. The second-order valence-corrected chi connectivity index (χ2v) is 10.4. The number of carbonyl (C=O) groups excluding carboxylic acids is 2. The van der Waals surface area contributed by atoms with Crippen LogP contribution in [0.3, 0.4) is 0 Å². The van der Waals surface area contributed by atoms with E-state index in [-0.39, 0.29) is 11.8 Å². The average molecular weight is 431 g/mol. The molecule has 0 spiro atoms. The van der Waals surface area contributed by atoms with E-state index in [0.29, 0.717) is 22.8 Å². The molecule has 2 aliphatic heterocycles. The number of nitrogens with zero attached hydrogens (tertiary/aromatic N) is 4. The Bertz CT molecular complexity index is 1000. The predicted octanol–water partition coefficient (Wildman–Crippen LogP) is 5.12. The van der Waals surface area contributed by atoms with E-state index in [9.17, 15) is 9.59 Å². The Hall–Kier alpha value is -3.28. The summed E-state index contributed by atoms with van der Waals surface area (Å²) in [6, 6.07) is 18.7. The molecule has 0 radical (unpaired) electrons. The molecule has 2 aliphatic rings. The minimum atomic E-state index is -0.700. The maximum Gasteiger partial charge on any atom is 0.257 e. The molecule has 0 aromatic heterocycles. The van der Waals surface area contributed by atoms with E-state index in [1.54, 1.807) is 0 Å². The fourth-order valence-corrected chi connectivity index (χ4v) is 4.28. The second kappa shape index (κ2) is 7.69. The molecule has 6 heteroatoms. The first-order valence-corrected chi connectivity index (χ1v) is 11.0. The summed E-state index contributed by atoms with van der Waals surface area (Å²) in [7, 11) is 0. The van der Waals surface area contributed by atoms with Gasteiger partial charge in [-0.3, -0.25) is 9.59 Å². The van der Waals surface area contributed by atoms with Gasteiger partial charge >= 0.3 is 0 Å². The van der Waals surface area contributed by atoms with E-state index in [2.05, 4.69) is 0 Å². The van der Waals surface area contributed by atoms with Crippen LogP contribution < -0.4 is 10.0 Å². The van der Waals surface area contributed by atoms with E-state index < -0.39 is 22.7 Å². The van der Waals surface area contributed by atoms with Gasteiger partial charge in [-0.1, -0.05) is 77.9 Å². The fraction of sp³-hybridized carbons (Fsp3) is 0.385. The topological polar surface area (TPSA) is 65.3 Å². The number of hydrogen-bond donors (Lipinski definition) is 0. The molecular weight excluding hydrogens is 400 g/mol. The fourth-order valence-electron chi connectivity index (χ4n) is 4.28. The van der Waals surface area contributed by atoms with Crippen molar-refractivity contribution in [2.75, 3.05) is 10.0 Å². The molecule has 0 aliphatic carbocycles. The molecular formula is C26H30N4O2. The highest BCUT2D eigenvalue weighted by Crippen LogP contribution is 2.42. The van der Waals surface area contributed by atoms with Gasteiger partial charge in [0.05, 0.1) is 34.6 Å². The first-order valence-electron chi connectivity index (χ1n) is 11.0. The normalized spacial score (nSPS) is 21.8. The van der Waals surface area contributed by atoms with Gasteiger partial charge in [0, 0.05) is 10.8 Å². The van der Waals surface area contributed by atoms with Crippen LogP contribution in [0, 0.1) is 22.7 Å². The molecule has 2 aromatic rings. The van der Waals surface area contributed by atoms with Gasteiger partial charge in [-0.05, 0) is 24.3 Å². The Morgan fingerprint density at radius 1 is 0.594 bits per heavy atom. The molecule has 32 heavy (non-hydrogen) atoms. The monoisotopic (exact) mass is 430 g/mol. The number of para-hydroxylation sites is 2. The number of rotatable bonds is 3. The highest BCUT2D eigenvalue weighted by molar-refractivity contribution is 6.27.